The van der Waals surface area contributed by atoms with Gasteiger partial charge in [0.25, 0.3) is 0 Å². The van der Waals surface area contributed by atoms with E-state index < -0.39 is 0 Å². The molecule has 0 aliphatic rings. The normalized spacial score (nSPS) is 11.3. The molecular formula is C13H18N6S. The molecule has 0 radical (unpaired) electrons. The Kier molecular flexibility index (Phi) is 3.43. The van der Waals surface area contributed by atoms with Crippen LogP contribution in [0.3, 0.4) is 0 Å². The molecule has 0 bridgehead atoms. The number of aryl methyl sites for hydroxylation is 3. The molecule has 20 heavy (non-hydrogen) atoms. The Morgan fingerprint density at radius 3 is 3.00 bits per heavy atom. The van der Waals surface area contributed by atoms with Crippen molar-refractivity contribution < 1.29 is 0 Å². The molecule has 0 saturated heterocycles. The van der Waals surface area contributed by atoms with Gasteiger partial charge >= 0.3 is 0 Å². The Bertz CT molecular complexity index is 688. The molecule has 3 heterocycles. The molecule has 106 valence electrons. The Labute approximate surface area is 121 Å². The van der Waals surface area contributed by atoms with E-state index in [2.05, 4.69) is 31.9 Å². The zero-order valence-electron chi connectivity index (χ0n) is 11.9. The van der Waals surface area contributed by atoms with E-state index in [0.29, 0.717) is 0 Å². The average molecular weight is 290 g/mol. The van der Waals surface area contributed by atoms with Crippen molar-refractivity contribution in [3.8, 4) is 0 Å². The van der Waals surface area contributed by atoms with Crippen LogP contribution >= 0.6 is 11.3 Å². The van der Waals surface area contributed by atoms with Gasteiger partial charge in [0.05, 0.1) is 10.4 Å². The van der Waals surface area contributed by atoms with E-state index in [1.165, 1.54) is 0 Å². The van der Waals surface area contributed by atoms with Gasteiger partial charge in [-0.3, -0.25) is 0 Å². The molecule has 3 aromatic rings. The van der Waals surface area contributed by atoms with E-state index in [0.717, 1.165) is 46.5 Å². The molecule has 0 atom stereocenters. The largest absolute Gasteiger partial charge is 0.360 e. The number of aromatic nitrogens is 5. The molecule has 0 amide bonds. The average Bonchev–Trinajstić information content (AvgIpc) is 3.09. The lowest BCUT2D eigenvalue weighted by Gasteiger charge is -2.06. The fourth-order valence-electron chi connectivity index (χ4n) is 2.30. The second kappa shape index (κ2) is 5.24. The van der Waals surface area contributed by atoms with Gasteiger partial charge in [0.2, 0.25) is 0 Å². The molecule has 1 N–H and O–H groups in total. The van der Waals surface area contributed by atoms with Crippen LogP contribution in [0.15, 0.2) is 12.4 Å². The van der Waals surface area contributed by atoms with Crippen LogP contribution in [0.4, 0.5) is 5.13 Å². The number of nitrogens with zero attached hydrogens (tertiary/aromatic N) is 5. The van der Waals surface area contributed by atoms with Crippen molar-refractivity contribution in [1.82, 2.24) is 24.3 Å². The van der Waals surface area contributed by atoms with E-state index in [9.17, 15) is 0 Å². The predicted octanol–water partition coefficient (Wildman–Crippen LogP) is 2.21. The van der Waals surface area contributed by atoms with Gasteiger partial charge < -0.3 is 9.88 Å². The maximum atomic E-state index is 4.58. The fourth-order valence-corrected chi connectivity index (χ4v) is 3.26. The monoisotopic (exact) mass is 290 g/mol. The zero-order chi connectivity index (χ0) is 14.1. The van der Waals surface area contributed by atoms with Gasteiger partial charge in [-0.05, 0) is 6.92 Å². The molecule has 0 aliphatic heterocycles. The summed E-state index contributed by atoms with van der Waals surface area (Å²) < 4.78 is 5.16. The number of fused-ring (bicyclic) bond motifs is 1. The van der Waals surface area contributed by atoms with Gasteiger partial charge in [0, 0.05) is 39.0 Å². The zero-order valence-corrected chi connectivity index (χ0v) is 12.7. The molecule has 0 aromatic carbocycles. The predicted molar refractivity (Wildman–Crippen MR) is 81.2 cm³/mol. The highest BCUT2D eigenvalue weighted by Crippen LogP contribution is 2.27. The number of anilines is 1. The highest BCUT2D eigenvalue weighted by Gasteiger charge is 2.11. The fraction of sp³-hybridized carbons (Fsp3) is 0.462. The van der Waals surface area contributed by atoms with Gasteiger partial charge in [-0.1, -0.05) is 18.3 Å². The van der Waals surface area contributed by atoms with Gasteiger partial charge in [-0.25, -0.2) is 14.6 Å². The van der Waals surface area contributed by atoms with Crippen molar-refractivity contribution >= 4 is 26.8 Å². The number of rotatable bonds is 5. The number of nitrogens with one attached hydrogen (secondary N) is 1. The Hall–Kier alpha value is -1.89. The van der Waals surface area contributed by atoms with Gasteiger partial charge in [-0.2, -0.15) is 5.10 Å². The van der Waals surface area contributed by atoms with Crippen molar-refractivity contribution in [2.75, 3.05) is 11.9 Å². The SMILES string of the molecule is CCc1nccn1CCNc1nc2c(s1)c(C)nn2C. The van der Waals surface area contributed by atoms with Crippen LogP contribution in [0, 0.1) is 6.92 Å². The summed E-state index contributed by atoms with van der Waals surface area (Å²) in [5, 5.41) is 8.69. The van der Waals surface area contributed by atoms with Crippen molar-refractivity contribution in [3.05, 3.63) is 23.9 Å². The number of hydrogen-bond donors (Lipinski definition) is 1. The van der Waals surface area contributed by atoms with Crippen LogP contribution in [-0.2, 0) is 20.0 Å². The van der Waals surface area contributed by atoms with Gasteiger partial charge in [0.15, 0.2) is 10.8 Å². The molecule has 7 heteroatoms. The van der Waals surface area contributed by atoms with Gasteiger partial charge in [0.1, 0.15) is 5.82 Å². The first-order chi connectivity index (χ1) is 9.69. The lowest BCUT2D eigenvalue weighted by molar-refractivity contribution is 0.680. The third-order valence-corrected chi connectivity index (χ3v) is 4.40. The summed E-state index contributed by atoms with van der Waals surface area (Å²) in [6, 6.07) is 0. The molecule has 3 aromatic heterocycles. The first-order valence-corrected chi connectivity index (χ1v) is 7.54. The minimum Gasteiger partial charge on any atom is -0.360 e. The molecule has 0 saturated carbocycles. The van der Waals surface area contributed by atoms with Gasteiger partial charge in [-0.15, -0.1) is 0 Å². The number of thiazole rings is 1. The highest BCUT2D eigenvalue weighted by molar-refractivity contribution is 7.22. The van der Waals surface area contributed by atoms with Crippen LogP contribution in [0.1, 0.15) is 18.4 Å². The van der Waals surface area contributed by atoms with E-state index in [1.54, 1.807) is 11.3 Å². The lowest BCUT2D eigenvalue weighted by atomic mass is 10.4. The van der Waals surface area contributed by atoms with Crippen LogP contribution < -0.4 is 5.32 Å². The highest BCUT2D eigenvalue weighted by atomic mass is 32.1. The summed E-state index contributed by atoms with van der Waals surface area (Å²) in [6.07, 6.45) is 4.83. The van der Waals surface area contributed by atoms with Crippen molar-refractivity contribution in [1.29, 1.82) is 0 Å². The minimum absolute atomic E-state index is 0.843. The van der Waals surface area contributed by atoms with E-state index >= 15 is 0 Å². The van der Waals surface area contributed by atoms with Crippen LogP contribution in [-0.4, -0.2) is 30.9 Å². The first-order valence-electron chi connectivity index (χ1n) is 6.73. The maximum absolute atomic E-state index is 4.58. The lowest BCUT2D eigenvalue weighted by Crippen LogP contribution is -2.12. The summed E-state index contributed by atoms with van der Waals surface area (Å²) in [7, 11) is 1.93. The Balaban J connectivity index is 1.67. The molecule has 0 fully saturated rings. The number of hydrogen-bond acceptors (Lipinski definition) is 5. The summed E-state index contributed by atoms with van der Waals surface area (Å²) >= 11 is 1.66. The standard InChI is InChI=1S/C13H18N6S/c1-4-10-14-5-7-19(10)8-6-15-13-16-12-11(20-13)9(2)17-18(12)3/h5,7H,4,6,8H2,1-3H3,(H,15,16). The number of imidazole rings is 1. The minimum atomic E-state index is 0.843. The molecule has 0 unspecified atom stereocenters. The summed E-state index contributed by atoms with van der Waals surface area (Å²) in [4.78, 5) is 8.90. The molecule has 0 aliphatic carbocycles. The van der Waals surface area contributed by atoms with Crippen molar-refractivity contribution in [3.63, 3.8) is 0 Å². The van der Waals surface area contributed by atoms with Crippen LogP contribution in [0.5, 0.6) is 0 Å². The van der Waals surface area contributed by atoms with Crippen molar-refractivity contribution in [2.24, 2.45) is 7.05 Å². The van der Waals surface area contributed by atoms with Crippen LogP contribution in [0.25, 0.3) is 10.3 Å². The summed E-state index contributed by atoms with van der Waals surface area (Å²) in [5.74, 6) is 1.12. The second-order valence-electron chi connectivity index (χ2n) is 4.70. The topological polar surface area (TPSA) is 60.6 Å². The van der Waals surface area contributed by atoms with Crippen LogP contribution in [0.2, 0.25) is 0 Å². The smallest absolute Gasteiger partial charge is 0.185 e. The maximum Gasteiger partial charge on any atom is 0.185 e. The van der Waals surface area contributed by atoms with E-state index in [-0.39, 0.29) is 0 Å². The Morgan fingerprint density at radius 1 is 1.40 bits per heavy atom. The third kappa shape index (κ3) is 2.29. The Morgan fingerprint density at radius 2 is 2.25 bits per heavy atom. The summed E-state index contributed by atoms with van der Waals surface area (Å²) in [6.45, 7) is 5.88. The van der Waals surface area contributed by atoms with E-state index in [1.807, 2.05) is 31.0 Å². The molecule has 6 nitrogen and oxygen atoms in total. The molecular weight excluding hydrogens is 272 g/mol. The summed E-state index contributed by atoms with van der Waals surface area (Å²) in [5.41, 5.74) is 1.99. The quantitative estimate of drug-likeness (QED) is 0.782. The van der Waals surface area contributed by atoms with E-state index in [4.69, 9.17) is 0 Å². The first kappa shape index (κ1) is 13.1. The third-order valence-electron chi connectivity index (χ3n) is 3.29. The molecule has 0 spiro atoms. The molecule has 3 rings (SSSR count). The second-order valence-corrected chi connectivity index (χ2v) is 5.70. The van der Waals surface area contributed by atoms with Crippen molar-refractivity contribution in [2.45, 2.75) is 26.8 Å².